The minimum Gasteiger partial charge on any atom is -0.342 e. The Hall–Kier alpha value is -1.07. The minimum atomic E-state index is 0.568. The van der Waals surface area contributed by atoms with Crippen molar-refractivity contribution in [3.8, 4) is 11.5 Å². The van der Waals surface area contributed by atoms with Gasteiger partial charge in [-0.15, -0.1) is 0 Å². The van der Waals surface area contributed by atoms with Gasteiger partial charge in [0.15, 0.2) is 5.82 Å². The Morgan fingerprint density at radius 2 is 2.22 bits per heavy atom. The van der Waals surface area contributed by atoms with Crippen LogP contribution in [0.2, 0.25) is 0 Å². The average molecular weight is 324 g/mol. The number of aromatic amines is 1. The molecule has 2 aromatic rings. The van der Waals surface area contributed by atoms with E-state index in [0.29, 0.717) is 16.4 Å². The van der Waals surface area contributed by atoms with Crippen molar-refractivity contribution in [2.45, 2.75) is 20.3 Å². The van der Waals surface area contributed by atoms with Gasteiger partial charge in [-0.05, 0) is 46.5 Å². The van der Waals surface area contributed by atoms with Crippen LogP contribution in [0.1, 0.15) is 19.5 Å². The summed E-state index contributed by atoms with van der Waals surface area (Å²) >= 11 is 8.69. The molecule has 18 heavy (non-hydrogen) atoms. The van der Waals surface area contributed by atoms with Crippen LogP contribution in [0.3, 0.4) is 0 Å². The Morgan fingerprint density at radius 3 is 2.89 bits per heavy atom. The summed E-state index contributed by atoms with van der Waals surface area (Å²) in [5, 5.41) is 0. The molecule has 3 nitrogen and oxygen atoms in total. The van der Waals surface area contributed by atoms with Gasteiger partial charge >= 0.3 is 0 Å². The molecule has 94 valence electrons. The molecule has 2 rings (SSSR count). The van der Waals surface area contributed by atoms with E-state index in [4.69, 9.17) is 12.2 Å². The number of halogens is 1. The van der Waals surface area contributed by atoms with Gasteiger partial charge in [0.25, 0.3) is 0 Å². The van der Waals surface area contributed by atoms with Crippen LogP contribution in [0, 0.1) is 10.6 Å². The topological polar surface area (TPSA) is 41.6 Å². The third-order valence-corrected chi connectivity index (χ3v) is 3.26. The van der Waals surface area contributed by atoms with E-state index in [1.807, 2.05) is 18.2 Å². The van der Waals surface area contributed by atoms with E-state index in [9.17, 15) is 0 Å². The van der Waals surface area contributed by atoms with E-state index < -0.39 is 0 Å². The van der Waals surface area contributed by atoms with Gasteiger partial charge in [0.1, 0.15) is 10.3 Å². The molecular weight excluding hydrogens is 310 g/mol. The van der Waals surface area contributed by atoms with Crippen LogP contribution in [0.4, 0.5) is 0 Å². The minimum absolute atomic E-state index is 0.568. The lowest BCUT2D eigenvalue weighted by Crippen LogP contribution is -2.01. The van der Waals surface area contributed by atoms with Crippen LogP contribution in [0.5, 0.6) is 0 Å². The van der Waals surface area contributed by atoms with Gasteiger partial charge in [-0.25, -0.2) is 4.98 Å². The van der Waals surface area contributed by atoms with Crippen molar-refractivity contribution in [2.75, 3.05) is 0 Å². The molecule has 0 saturated heterocycles. The Labute approximate surface area is 120 Å². The maximum atomic E-state index is 5.21. The van der Waals surface area contributed by atoms with Crippen LogP contribution in [-0.4, -0.2) is 15.0 Å². The molecule has 0 fully saturated rings. The molecule has 0 amide bonds. The molecule has 0 spiro atoms. The number of hydrogen-bond donors (Lipinski definition) is 1. The molecule has 0 aliphatic rings. The van der Waals surface area contributed by atoms with Crippen molar-refractivity contribution >= 4 is 28.1 Å². The third kappa shape index (κ3) is 3.23. The van der Waals surface area contributed by atoms with Crippen LogP contribution >= 0.6 is 28.1 Å². The number of H-pyrrole nitrogens is 1. The molecule has 0 aliphatic heterocycles. The van der Waals surface area contributed by atoms with Gasteiger partial charge in [0.05, 0.1) is 0 Å². The molecule has 0 atom stereocenters. The number of hydrogen-bond acceptors (Lipinski definition) is 3. The summed E-state index contributed by atoms with van der Waals surface area (Å²) in [6.07, 6.45) is 2.69. The van der Waals surface area contributed by atoms with Crippen molar-refractivity contribution in [2.24, 2.45) is 5.92 Å². The van der Waals surface area contributed by atoms with Crippen LogP contribution in [0.25, 0.3) is 11.5 Å². The van der Waals surface area contributed by atoms with E-state index >= 15 is 0 Å². The highest BCUT2D eigenvalue weighted by Crippen LogP contribution is 2.22. The fraction of sp³-hybridized carbons (Fsp3) is 0.308. The predicted octanol–water partition coefficient (Wildman–Crippen LogP) is 4.16. The van der Waals surface area contributed by atoms with E-state index in [-0.39, 0.29) is 0 Å². The van der Waals surface area contributed by atoms with Gasteiger partial charge < -0.3 is 4.98 Å². The second-order valence-corrected chi connectivity index (χ2v) is 5.80. The fourth-order valence-corrected chi connectivity index (χ4v) is 2.41. The number of nitrogens with zero attached hydrogens (tertiary/aromatic N) is 2. The Kier molecular flexibility index (Phi) is 4.24. The summed E-state index contributed by atoms with van der Waals surface area (Å²) in [4.78, 5) is 12.0. The summed E-state index contributed by atoms with van der Waals surface area (Å²) in [6.45, 7) is 4.35. The Bertz CT molecular complexity index is 607. The lowest BCUT2D eigenvalue weighted by atomic mass is 10.1. The van der Waals surface area contributed by atoms with Gasteiger partial charge in [0, 0.05) is 16.4 Å². The van der Waals surface area contributed by atoms with E-state index in [1.54, 1.807) is 6.20 Å². The molecule has 5 heteroatoms. The van der Waals surface area contributed by atoms with Crippen molar-refractivity contribution in [1.29, 1.82) is 0 Å². The summed E-state index contributed by atoms with van der Waals surface area (Å²) in [5.74, 6) is 1.28. The quantitative estimate of drug-likeness (QED) is 0.862. The first-order valence-electron chi connectivity index (χ1n) is 5.77. The lowest BCUT2D eigenvalue weighted by Gasteiger charge is -2.08. The highest BCUT2D eigenvalue weighted by atomic mass is 79.9. The monoisotopic (exact) mass is 323 g/mol. The third-order valence-electron chi connectivity index (χ3n) is 2.41. The number of nitrogens with one attached hydrogen (secondary N) is 1. The number of rotatable bonds is 3. The largest absolute Gasteiger partial charge is 0.342 e. The molecule has 1 N–H and O–H groups in total. The second kappa shape index (κ2) is 5.71. The van der Waals surface area contributed by atoms with Gasteiger partial charge in [-0.2, -0.15) is 0 Å². The van der Waals surface area contributed by atoms with Crippen molar-refractivity contribution in [1.82, 2.24) is 15.0 Å². The van der Waals surface area contributed by atoms with Crippen LogP contribution < -0.4 is 0 Å². The number of aromatic nitrogens is 3. The molecule has 0 aromatic carbocycles. The van der Waals surface area contributed by atoms with Crippen molar-refractivity contribution < 1.29 is 0 Å². The molecule has 0 saturated carbocycles. The lowest BCUT2D eigenvalue weighted by molar-refractivity contribution is 0.634. The molecule has 2 aromatic heterocycles. The zero-order chi connectivity index (χ0) is 13.1. The summed E-state index contributed by atoms with van der Waals surface area (Å²) < 4.78 is 1.50. The predicted molar refractivity (Wildman–Crippen MR) is 78.9 cm³/mol. The fourth-order valence-electron chi connectivity index (χ4n) is 1.73. The van der Waals surface area contributed by atoms with Crippen molar-refractivity contribution in [3.63, 3.8) is 0 Å². The van der Waals surface area contributed by atoms with Crippen molar-refractivity contribution in [3.05, 3.63) is 39.2 Å². The summed E-state index contributed by atoms with van der Waals surface area (Å²) in [7, 11) is 0. The van der Waals surface area contributed by atoms with Gasteiger partial charge in [-0.1, -0.05) is 26.1 Å². The van der Waals surface area contributed by atoms with Gasteiger partial charge in [-0.3, -0.25) is 4.98 Å². The Balaban J connectivity index is 2.49. The van der Waals surface area contributed by atoms with Crippen LogP contribution in [0.15, 0.2) is 28.9 Å². The standard InChI is InChI=1S/C13H14BrN3S/c1-8(2)6-9-7-11(18)17-13(16-9)12-10(14)4-3-5-15-12/h3-5,7-8H,6H2,1-2H3,(H,16,17,18). The van der Waals surface area contributed by atoms with Gasteiger partial charge in [0.2, 0.25) is 0 Å². The van der Waals surface area contributed by atoms with E-state index in [0.717, 1.165) is 22.3 Å². The number of pyridine rings is 1. The SMILES string of the molecule is CC(C)Cc1cc(=S)nc(-c2ncccc2Br)[nH]1. The Morgan fingerprint density at radius 1 is 1.44 bits per heavy atom. The molecule has 0 radical (unpaired) electrons. The molecular formula is C13H14BrN3S. The molecule has 0 aliphatic carbocycles. The highest BCUT2D eigenvalue weighted by Gasteiger charge is 2.08. The smallest absolute Gasteiger partial charge is 0.158 e. The molecule has 0 unspecified atom stereocenters. The van der Waals surface area contributed by atoms with E-state index in [2.05, 4.69) is 44.7 Å². The normalized spacial score (nSPS) is 10.9. The first kappa shape index (κ1) is 13.4. The average Bonchev–Trinajstić information content (AvgIpc) is 2.27. The zero-order valence-electron chi connectivity index (χ0n) is 10.3. The van der Waals surface area contributed by atoms with Crippen LogP contribution in [-0.2, 0) is 6.42 Å². The molecule has 0 bridgehead atoms. The summed E-state index contributed by atoms with van der Waals surface area (Å²) in [6, 6.07) is 5.73. The first-order chi connectivity index (χ1) is 8.56. The molecule has 2 heterocycles. The van der Waals surface area contributed by atoms with E-state index in [1.165, 1.54) is 0 Å². The first-order valence-corrected chi connectivity index (χ1v) is 6.97. The maximum absolute atomic E-state index is 5.21. The maximum Gasteiger partial charge on any atom is 0.158 e. The summed E-state index contributed by atoms with van der Waals surface area (Å²) in [5.41, 5.74) is 1.88. The highest BCUT2D eigenvalue weighted by molar-refractivity contribution is 9.10. The second-order valence-electron chi connectivity index (χ2n) is 4.53. The zero-order valence-corrected chi connectivity index (χ0v) is 12.7.